The highest BCUT2D eigenvalue weighted by atomic mass is 16.5. The lowest BCUT2D eigenvalue weighted by molar-refractivity contribution is 0.153. The van der Waals surface area contributed by atoms with Crippen LogP contribution in [0.15, 0.2) is 57.8 Å². The maximum absolute atomic E-state index is 12.6. The molecule has 2 aromatic carbocycles. The average molecular weight is 420 g/mol. The number of rotatable bonds is 4. The molecule has 0 bridgehead atoms. The third-order valence-electron chi connectivity index (χ3n) is 5.29. The molecule has 3 N–H and O–H groups in total. The summed E-state index contributed by atoms with van der Waals surface area (Å²) in [7, 11) is 0. The zero-order valence-electron chi connectivity index (χ0n) is 17.6. The van der Waals surface area contributed by atoms with E-state index in [0.717, 1.165) is 17.2 Å². The number of fused-ring (bicyclic) bond motifs is 2. The molecule has 4 rings (SSSR count). The van der Waals surface area contributed by atoms with Crippen molar-refractivity contribution in [1.29, 1.82) is 0 Å². The first-order valence-electron chi connectivity index (χ1n) is 9.93. The normalized spacial score (nSPS) is 15.4. The van der Waals surface area contributed by atoms with E-state index in [2.05, 4.69) is 6.58 Å². The van der Waals surface area contributed by atoms with Gasteiger partial charge in [0.05, 0.1) is 6.10 Å². The fourth-order valence-corrected chi connectivity index (χ4v) is 3.62. The highest BCUT2D eigenvalue weighted by Gasteiger charge is 2.26. The van der Waals surface area contributed by atoms with Crippen LogP contribution in [0.1, 0.15) is 31.9 Å². The Labute approximate surface area is 179 Å². The molecule has 1 atom stereocenters. The van der Waals surface area contributed by atoms with Crippen LogP contribution in [0, 0.1) is 0 Å². The molecule has 0 amide bonds. The van der Waals surface area contributed by atoms with Gasteiger partial charge in [0.2, 0.25) is 0 Å². The van der Waals surface area contributed by atoms with Gasteiger partial charge in [0.15, 0.2) is 5.43 Å². The zero-order chi connectivity index (χ0) is 22.5. The van der Waals surface area contributed by atoms with Crippen molar-refractivity contribution in [3.63, 3.8) is 0 Å². The number of aromatic hydroxyl groups is 2. The second-order valence-corrected chi connectivity index (χ2v) is 8.47. The van der Waals surface area contributed by atoms with E-state index in [0.29, 0.717) is 16.9 Å². The molecular weight excluding hydrogens is 396 g/mol. The van der Waals surface area contributed by atoms with Gasteiger partial charge >= 0.3 is 0 Å². The quantitative estimate of drug-likeness (QED) is 0.536. The summed E-state index contributed by atoms with van der Waals surface area (Å²) in [6, 6.07) is 7.34. The third-order valence-corrected chi connectivity index (χ3v) is 5.29. The fourth-order valence-electron chi connectivity index (χ4n) is 3.62. The number of phenols is 2. The van der Waals surface area contributed by atoms with Gasteiger partial charge < -0.3 is 24.5 Å². The van der Waals surface area contributed by atoms with Crippen molar-refractivity contribution in [3.8, 4) is 28.6 Å². The molecule has 6 nitrogen and oxygen atoms in total. The van der Waals surface area contributed by atoms with Crippen LogP contribution in [0.2, 0.25) is 0 Å². The maximum Gasteiger partial charge on any atom is 0.197 e. The van der Waals surface area contributed by atoms with Gasteiger partial charge in [0.1, 0.15) is 39.6 Å². The third kappa shape index (κ3) is 3.94. The standard InChI is InChI=1S/C25H24O6/c1-13(2)18(27)9-16-8-15(7-14-5-6-25(3,4)31-24(14)16)21-12-20(29)23-19(28)10-17(26)11-22(23)30-21/h5-8,10-12,18,26-28H,1,9H2,2-4H3/t18-/m0/s1. The molecule has 0 radical (unpaired) electrons. The van der Waals surface area contributed by atoms with Crippen LogP contribution in [0.3, 0.4) is 0 Å². The summed E-state index contributed by atoms with van der Waals surface area (Å²) >= 11 is 0. The van der Waals surface area contributed by atoms with E-state index in [1.807, 2.05) is 38.1 Å². The zero-order valence-corrected chi connectivity index (χ0v) is 17.6. The minimum Gasteiger partial charge on any atom is -0.508 e. The molecule has 0 saturated heterocycles. The first-order valence-corrected chi connectivity index (χ1v) is 9.93. The molecule has 1 aromatic heterocycles. The van der Waals surface area contributed by atoms with Crippen molar-refractivity contribution in [3.05, 3.63) is 69.9 Å². The van der Waals surface area contributed by atoms with Gasteiger partial charge in [0.25, 0.3) is 0 Å². The summed E-state index contributed by atoms with van der Waals surface area (Å²) in [5.74, 6) is 0.383. The second-order valence-electron chi connectivity index (χ2n) is 8.47. The lowest BCUT2D eigenvalue weighted by Crippen LogP contribution is -2.28. The summed E-state index contributed by atoms with van der Waals surface area (Å²) in [6.07, 6.45) is 3.41. The largest absolute Gasteiger partial charge is 0.508 e. The van der Waals surface area contributed by atoms with E-state index in [1.54, 1.807) is 6.92 Å². The summed E-state index contributed by atoms with van der Waals surface area (Å²) in [5, 5.41) is 30.2. The molecule has 1 aliphatic heterocycles. The molecule has 31 heavy (non-hydrogen) atoms. The number of aliphatic hydroxyl groups excluding tert-OH is 1. The van der Waals surface area contributed by atoms with Crippen LogP contribution in [0.25, 0.3) is 28.4 Å². The Morgan fingerprint density at radius 1 is 1.16 bits per heavy atom. The van der Waals surface area contributed by atoms with Crippen LogP contribution in [-0.4, -0.2) is 27.0 Å². The molecule has 1 aliphatic rings. The molecule has 6 heteroatoms. The highest BCUT2D eigenvalue weighted by molar-refractivity contribution is 5.86. The molecule has 160 valence electrons. The van der Waals surface area contributed by atoms with Gasteiger partial charge in [-0.1, -0.05) is 18.2 Å². The van der Waals surface area contributed by atoms with E-state index >= 15 is 0 Å². The van der Waals surface area contributed by atoms with Crippen LogP contribution in [0.4, 0.5) is 0 Å². The molecular formula is C25H24O6. The predicted octanol–water partition coefficient (Wildman–Crippen LogP) is 4.53. The molecule has 0 fully saturated rings. The SMILES string of the molecule is C=C(C)[C@@H](O)Cc1cc(-c2cc(=O)c3c(O)cc(O)cc3o2)cc2c1OC(C)(C)C=C2. The monoisotopic (exact) mass is 420 g/mol. The van der Waals surface area contributed by atoms with E-state index in [9.17, 15) is 20.1 Å². The van der Waals surface area contributed by atoms with Crippen molar-refractivity contribution in [2.75, 3.05) is 0 Å². The summed E-state index contributed by atoms with van der Waals surface area (Å²) < 4.78 is 12.0. The van der Waals surface area contributed by atoms with Crippen LogP contribution >= 0.6 is 0 Å². The fraction of sp³-hybridized carbons (Fsp3) is 0.240. The molecule has 0 saturated carbocycles. The van der Waals surface area contributed by atoms with Crippen LogP contribution in [-0.2, 0) is 6.42 Å². The van der Waals surface area contributed by atoms with E-state index in [1.165, 1.54) is 12.1 Å². The van der Waals surface area contributed by atoms with Gasteiger partial charge in [-0.15, -0.1) is 0 Å². The number of hydrogen-bond acceptors (Lipinski definition) is 6. The Morgan fingerprint density at radius 2 is 1.90 bits per heavy atom. The summed E-state index contributed by atoms with van der Waals surface area (Å²) in [4.78, 5) is 12.6. The Balaban J connectivity index is 1.91. The van der Waals surface area contributed by atoms with Gasteiger partial charge in [0, 0.05) is 35.7 Å². The second kappa shape index (κ2) is 7.32. The minimum atomic E-state index is -0.755. The Bertz CT molecular complexity index is 1300. The summed E-state index contributed by atoms with van der Waals surface area (Å²) in [5.41, 5.74) is 1.94. The predicted molar refractivity (Wildman–Crippen MR) is 120 cm³/mol. The van der Waals surface area contributed by atoms with Crippen molar-refractivity contribution in [1.82, 2.24) is 0 Å². The minimum absolute atomic E-state index is 0.00224. The van der Waals surface area contributed by atoms with Crippen molar-refractivity contribution in [2.24, 2.45) is 0 Å². The van der Waals surface area contributed by atoms with Crippen molar-refractivity contribution < 1.29 is 24.5 Å². The van der Waals surface area contributed by atoms with Gasteiger partial charge in [-0.25, -0.2) is 0 Å². The molecule has 3 aromatic rings. The summed E-state index contributed by atoms with van der Waals surface area (Å²) in [6.45, 7) is 9.47. The first kappa shape index (κ1) is 20.8. The number of phenolic OH excluding ortho intramolecular Hbond substituents is 2. The van der Waals surface area contributed by atoms with E-state index < -0.39 is 17.1 Å². The lowest BCUT2D eigenvalue weighted by Gasteiger charge is -2.30. The molecule has 2 heterocycles. The van der Waals surface area contributed by atoms with Gasteiger partial charge in [-0.05, 0) is 44.5 Å². The molecule has 0 spiro atoms. The number of benzene rings is 2. The Kier molecular flexibility index (Phi) is 4.90. The van der Waals surface area contributed by atoms with Crippen LogP contribution < -0.4 is 10.2 Å². The smallest absolute Gasteiger partial charge is 0.197 e. The first-order chi connectivity index (χ1) is 14.5. The highest BCUT2D eigenvalue weighted by Crippen LogP contribution is 2.39. The van der Waals surface area contributed by atoms with Gasteiger partial charge in [-0.3, -0.25) is 4.79 Å². The van der Waals surface area contributed by atoms with Crippen molar-refractivity contribution in [2.45, 2.75) is 38.9 Å². The molecule has 0 aliphatic carbocycles. The average Bonchev–Trinajstić information content (AvgIpc) is 2.66. The molecule has 0 unspecified atom stereocenters. The lowest BCUT2D eigenvalue weighted by atomic mass is 9.93. The van der Waals surface area contributed by atoms with Crippen LogP contribution in [0.5, 0.6) is 17.2 Å². The number of aliphatic hydroxyl groups is 1. The van der Waals surface area contributed by atoms with Gasteiger partial charge in [-0.2, -0.15) is 0 Å². The Morgan fingerprint density at radius 3 is 2.61 bits per heavy atom. The Hall–Kier alpha value is -3.51. The van der Waals surface area contributed by atoms with E-state index in [4.69, 9.17) is 9.15 Å². The number of hydrogen-bond donors (Lipinski definition) is 3. The number of ether oxygens (including phenoxy) is 1. The maximum atomic E-state index is 12.6. The van der Waals surface area contributed by atoms with Crippen molar-refractivity contribution >= 4 is 17.0 Å². The van der Waals surface area contributed by atoms with E-state index in [-0.39, 0.29) is 34.6 Å². The topological polar surface area (TPSA) is 100 Å².